The summed E-state index contributed by atoms with van der Waals surface area (Å²) < 4.78 is 0. The molecule has 116 valence electrons. The highest BCUT2D eigenvalue weighted by Gasteiger charge is 2.24. The molecule has 0 aliphatic carbocycles. The summed E-state index contributed by atoms with van der Waals surface area (Å²) in [6.07, 6.45) is 0. The molecule has 0 spiro atoms. The Morgan fingerprint density at radius 2 is 2.05 bits per heavy atom. The van der Waals surface area contributed by atoms with Gasteiger partial charge in [-0.25, -0.2) is 0 Å². The van der Waals surface area contributed by atoms with Crippen LogP contribution in [0, 0.1) is 22.5 Å². The van der Waals surface area contributed by atoms with Crippen LogP contribution in [0.25, 0.3) is 0 Å². The number of nitrogens with two attached hydrogens (primary N) is 1. The Balaban J connectivity index is 3.06. The Morgan fingerprint density at radius 3 is 2.52 bits per heavy atom. The summed E-state index contributed by atoms with van der Waals surface area (Å²) >= 11 is 0. The number of benzene rings is 1. The summed E-state index contributed by atoms with van der Waals surface area (Å²) in [5.41, 5.74) is 6.36. The minimum Gasteiger partial charge on any atom is -0.338 e. The molecular weight excluding hydrogens is 270 g/mol. The van der Waals surface area contributed by atoms with Crippen molar-refractivity contribution >= 4 is 11.6 Å². The second-order valence-corrected chi connectivity index (χ2v) is 5.95. The van der Waals surface area contributed by atoms with Crippen LogP contribution in [-0.4, -0.2) is 35.4 Å². The van der Waals surface area contributed by atoms with E-state index in [0.29, 0.717) is 30.8 Å². The van der Waals surface area contributed by atoms with Crippen molar-refractivity contribution < 1.29 is 9.72 Å². The lowest BCUT2D eigenvalue weighted by molar-refractivity contribution is -0.385. The summed E-state index contributed by atoms with van der Waals surface area (Å²) in [7, 11) is 0. The van der Waals surface area contributed by atoms with Gasteiger partial charge in [0.25, 0.3) is 11.6 Å². The Bertz CT molecular complexity index is 541. The average Bonchev–Trinajstić information content (AvgIpc) is 2.44. The largest absolute Gasteiger partial charge is 0.338 e. The average molecular weight is 293 g/mol. The summed E-state index contributed by atoms with van der Waals surface area (Å²) in [5, 5.41) is 11.0. The molecule has 0 saturated heterocycles. The maximum Gasteiger partial charge on any atom is 0.273 e. The van der Waals surface area contributed by atoms with Gasteiger partial charge in [0.05, 0.1) is 4.92 Å². The van der Waals surface area contributed by atoms with E-state index in [9.17, 15) is 14.9 Å². The van der Waals surface area contributed by atoms with Gasteiger partial charge in [-0.05, 0) is 31.9 Å². The third-order valence-corrected chi connectivity index (χ3v) is 3.49. The number of nitro groups is 1. The first-order valence-electron chi connectivity index (χ1n) is 6.96. The van der Waals surface area contributed by atoms with E-state index in [1.807, 2.05) is 20.8 Å². The molecule has 0 radical (unpaired) electrons. The normalized spacial score (nSPS) is 11.3. The van der Waals surface area contributed by atoms with E-state index in [1.165, 1.54) is 6.07 Å². The smallest absolute Gasteiger partial charge is 0.273 e. The highest BCUT2D eigenvalue weighted by molar-refractivity contribution is 5.95. The van der Waals surface area contributed by atoms with Crippen molar-refractivity contribution in [3.8, 4) is 0 Å². The number of hydrogen-bond acceptors (Lipinski definition) is 4. The summed E-state index contributed by atoms with van der Waals surface area (Å²) in [6.45, 7) is 9.02. The van der Waals surface area contributed by atoms with Crippen molar-refractivity contribution in [3.63, 3.8) is 0 Å². The molecule has 0 saturated carbocycles. The second-order valence-electron chi connectivity index (χ2n) is 5.95. The van der Waals surface area contributed by atoms with Crippen molar-refractivity contribution in [2.24, 2.45) is 11.1 Å². The van der Waals surface area contributed by atoms with Crippen molar-refractivity contribution in [1.82, 2.24) is 4.90 Å². The van der Waals surface area contributed by atoms with E-state index in [4.69, 9.17) is 5.73 Å². The molecule has 6 heteroatoms. The first kappa shape index (κ1) is 17.1. The molecular formula is C15H23N3O3. The van der Waals surface area contributed by atoms with Crippen molar-refractivity contribution in [3.05, 3.63) is 39.4 Å². The van der Waals surface area contributed by atoms with Crippen LogP contribution in [0.4, 0.5) is 5.69 Å². The minimum atomic E-state index is -0.466. The van der Waals surface area contributed by atoms with Gasteiger partial charge in [0, 0.05) is 30.3 Å². The number of nitro benzene ring substituents is 1. The lowest BCUT2D eigenvalue weighted by Crippen LogP contribution is -2.42. The molecule has 2 N–H and O–H groups in total. The second kappa shape index (κ2) is 6.67. The zero-order chi connectivity index (χ0) is 16.2. The van der Waals surface area contributed by atoms with E-state index in [-0.39, 0.29) is 17.0 Å². The fraction of sp³-hybridized carbons (Fsp3) is 0.533. The van der Waals surface area contributed by atoms with Crippen LogP contribution in [0.15, 0.2) is 18.2 Å². The molecule has 21 heavy (non-hydrogen) atoms. The minimum absolute atomic E-state index is 0.0324. The van der Waals surface area contributed by atoms with E-state index in [0.717, 1.165) is 0 Å². The monoisotopic (exact) mass is 293 g/mol. The first-order chi connectivity index (χ1) is 9.71. The van der Waals surface area contributed by atoms with Crippen LogP contribution in [0.2, 0.25) is 0 Å². The first-order valence-corrected chi connectivity index (χ1v) is 6.96. The molecule has 0 atom stereocenters. The van der Waals surface area contributed by atoms with E-state index in [1.54, 1.807) is 24.0 Å². The van der Waals surface area contributed by atoms with Gasteiger partial charge in [-0.15, -0.1) is 0 Å². The number of hydrogen-bond donors (Lipinski definition) is 1. The molecule has 6 nitrogen and oxygen atoms in total. The summed E-state index contributed by atoms with van der Waals surface area (Å²) in [6, 6.07) is 4.58. The zero-order valence-corrected chi connectivity index (χ0v) is 13.0. The predicted molar refractivity (Wildman–Crippen MR) is 82.2 cm³/mol. The predicted octanol–water partition coefficient (Wildman–Crippen LogP) is 2.35. The SMILES string of the molecule is CCN(CC(C)(C)CN)C(=O)c1ccc(C)c([N+](=O)[O-])c1. The lowest BCUT2D eigenvalue weighted by atomic mass is 9.92. The highest BCUT2D eigenvalue weighted by atomic mass is 16.6. The molecule has 1 rings (SSSR count). The van der Waals surface area contributed by atoms with Gasteiger partial charge in [-0.3, -0.25) is 14.9 Å². The van der Waals surface area contributed by atoms with E-state index in [2.05, 4.69) is 0 Å². The Hall–Kier alpha value is -1.95. The lowest BCUT2D eigenvalue weighted by Gasteiger charge is -2.31. The van der Waals surface area contributed by atoms with Crippen LogP contribution in [0.5, 0.6) is 0 Å². The van der Waals surface area contributed by atoms with Crippen LogP contribution in [0.1, 0.15) is 36.7 Å². The molecule has 0 aliphatic rings. The van der Waals surface area contributed by atoms with E-state index < -0.39 is 4.92 Å². The Kier molecular flexibility index (Phi) is 5.43. The van der Waals surface area contributed by atoms with Gasteiger partial charge >= 0.3 is 0 Å². The summed E-state index contributed by atoms with van der Waals surface area (Å²) in [5.74, 6) is -0.206. The van der Waals surface area contributed by atoms with Crippen LogP contribution in [-0.2, 0) is 0 Å². The molecule has 0 bridgehead atoms. The van der Waals surface area contributed by atoms with Crippen molar-refractivity contribution in [2.45, 2.75) is 27.7 Å². The molecule has 0 aliphatic heterocycles. The third-order valence-electron chi connectivity index (χ3n) is 3.49. The number of nitrogens with zero attached hydrogens (tertiary/aromatic N) is 2. The molecule has 0 heterocycles. The van der Waals surface area contributed by atoms with Gasteiger partial charge in [0.15, 0.2) is 0 Å². The Morgan fingerprint density at radius 1 is 1.43 bits per heavy atom. The number of carbonyl (C=O) groups is 1. The highest BCUT2D eigenvalue weighted by Crippen LogP contribution is 2.22. The maximum absolute atomic E-state index is 12.5. The molecule has 0 aromatic heterocycles. The number of rotatable bonds is 6. The molecule has 0 fully saturated rings. The van der Waals surface area contributed by atoms with Crippen molar-refractivity contribution in [2.75, 3.05) is 19.6 Å². The molecule has 1 aromatic carbocycles. The van der Waals surface area contributed by atoms with Gasteiger partial charge in [0.1, 0.15) is 0 Å². The van der Waals surface area contributed by atoms with E-state index >= 15 is 0 Å². The zero-order valence-electron chi connectivity index (χ0n) is 13.0. The number of amides is 1. The number of carbonyl (C=O) groups excluding carboxylic acids is 1. The quantitative estimate of drug-likeness (QED) is 0.644. The van der Waals surface area contributed by atoms with Crippen molar-refractivity contribution in [1.29, 1.82) is 0 Å². The molecule has 0 unspecified atom stereocenters. The fourth-order valence-electron chi connectivity index (χ4n) is 2.03. The van der Waals surface area contributed by atoms with Gasteiger partial charge in [-0.2, -0.15) is 0 Å². The van der Waals surface area contributed by atoms with Gasteiger partial charge < -0.3 is 10.6 Å². The topological polar surface area (TPSA) is 89.5 Å². The fourth-order valence-corrected chi connectivity index (χ4v) is 2.03. The third kappa shape index (κ3) is 4.26. The number of aryl methyl sites for hydroxylation is 1. The van der Waals surface area contributed by atoms with Gasteiger partial charge in [0.2, 0.25) is 0 Å². The standard InChI is InChI=1S/C15H23N3O3/c1-5-17(10-15(3,4)9-16)14(19)12-7-6-11(2)13(8-12)18(20)21/h6-8H,5,9-10,16H2,1-4H3. The maximum atomic E-state index is 12.5. The molecule has 1 amide bonds. The van der Waals surface area contributed by atoms with Crippen LogP contribution >= 0.6 is 0 Å². The summed E-state index contributed by atoms with van der Waals surface area (Å²) in [4.78, 5) is 24.7. The van der Waals surface area contributed by atoms with Gasteiger partial charge in [-0.1, -0.05) is 19.9 Å². The van der Waals surface area contributed by atoms with Crippen LogP contribution in [0.3, 0.4) is 0 Å². The Labute approximate surface area is 125 Å². The molecule has 1 aromatic rings. The van der Waals surface area contributed by atoms with Crippen LogP contribution < -0.4 is 5.73 Å².